The zero-order valence-corrected chi connectivity index (χ0v) is 8.97. The molecule has 1 aromatic carbocycles. The van der Waals surface area contributed by atoms with Gasteiger partial charge >= 0.3 is 0 Å². The number of halogens is 2. The quantitative estimate of drug-likeness (QED) is 0.780. The maximum atomic E-state index is 13.0. The van der Waals surface area contributed by atoms with E-state index in [1.165, 1.54) is 12.5 Å². The molecule has 0 amide bonds. The summed E-state index contributed by atoms with van der Waals surface area (Å²) in [7, 11) is 0. The van der Waals surface area contributed by atoms with Crippen molar-refractivity contribution >= 4 is 11.6 Å². The third kappa shape index (κ3) is 1.18. The van der Waals surface area contributed by atoms with Crippen LogP contribution in [0.25, 0.3) is 0 Å². The Kier molecular flexibility index (Phi) is 1.89. The second kappa shape index (κ2) is 2.96. The van der Waals surface area contributed by atoms with Gasteiger partial charge in [-0.1, -0.05) is 24.1 Å². The Morgan fingerprint density at radius 2 is 2.00 bits per heavy atom. The van der Waals surface area contributed by atoms with E-state index in [0.29, 0.717) is 11.8 Å². The van der Waals surface area contributed by atoms with Gasteiger partial charge in [-0.15, -0.1) is 0 Å². The molecule has 1 N–H and O–H groups in total. The Hall–Kier alpha value is -0.600. The Bertz CT molecular complexity index is 408. The van der Waals surface area contributed by atoms with E-state index in [1.807, 2.05) is 0 Å². The highest BCUT2D eigenvalue weighted by Crippen LogP contribution is 2.66. The monoisotopic (exact) mass is 226 g/mol. The van der Waals surface area contributed by atoms with E-state index in [0.717, 1.165) is 18.4 Å². The lowest BCUT2D eigenvalue weighted by atomic mass is 9.99. The van der Waals surface area contributed by atoms with Crippen LogP contribution in [0.15, 0.2) is 18.2 Å². The van der Waals surface area contributed by atoms with E-state index >= 15 is 0 Å². The van der Waals surface area contributed by atoms with Crippen LogP contribution in [0.1, 0.15) is 24.8 Å². The van der Waals surface area contributed by atoms with Crippen LogP contribution >= 0.6 is 11.6 Å². The van der Waals surface area contributed by atoms with Gasteiger partial charge < -0.3 is 5.11 Å². The summed E-state index contributed by atoms with van der Waals surface area (Å²) in [5.74, 6) is 0.327. The molecule has 0 heterocycles. The third-order valence-electron chi connectivity index (χ3n) is 3.92. The summed E-state index contributed by atoms with van der Waals surface area (Å²) in [5, 5.41) is 10.5. The van der Waals surface area contributed by atoms with Crippen LogP contribution in [-0.2, 0) is 5.60 Å². The fourth-order valence-corrected chi connectivity index (χ4v) is 3.28. The van der Waals surface area contributed by atoms with Crippen molar-refractivity contribution in [2.45, 2.75) is 24.9 Å². The molecule has 1 nitrogen and oxygen atoms in total. The average molecular weight is 227 g/mol. The van der Waals surface area contributed by atoms with Crippen molar-refractivity contribution < 1.29 is 9.50 Å². The van der Waals surface area contributed by atoms with Gasteiger partial charge in [0.15, 0.2) is 0 Å². The van der Waals surface area contributed by atoms with E-state index in [2.05, 4.69) is 0 Å². The van der Waals surface area contributed by atoms with Crippen LogP contribution in [0.3, 0.4) is 0 Å². The lowest BCUT2D eigenvalue weighted by Gasteiger charge is -2.15. The van der Waals surface area contributed by atoms with Crippen LogP contribution in [0.4, 0.5) is 4.39 Å². The molecule has 15 heavy (non-hydrogen) atoms. The van der Waals surface area contributed by atoms with E-state index in [1.54, 1.807) is 12.1 Å². The molecule has 3 heteroatoms. The Morgan fingerprint density at radius 3 is 2.60 bits per heavy atom. The molecule has 0 bridgehead atoms. The molecular weight excluding hydrogens is 215 g/mol. The van der Waals surface area contributed by atoms with Gasteiger partial charge in [0.1, 0.15) is 5.82 Å². The molecule has 0 aliphatic heterocycles. The van der Waals surface area contributed by atoms with Gasteiger partial charge in [0.25, 0.3) is 0 Å². The summed E-state index contributed by atoms with van der Waals surface area (Å²) in [6.07, 6.45) is 3.36. The Balaban J connectivity index is 1.97. The van der Waals surface area contributed by atoms with E-state index < -0.39 is 11.4 Å². The molecule has 2 fully saturated rings. The first-order chi connectivity index (χ1) is 7.14. The summed E-state index contributed by atoms with van der Waals surface area (Å²) < 4.78 is 13.0. The van der Waals surface area contributed by atoms with Gasteiger partial charge in [-0.05, 0) is 42.4 Å². The number of hydrogen-bond donors (Lipinski definition) is 1. The molecule has 0 saturated heterocycles. The van der Waals surface area contributed by atoms with Crippen molar-refractivity contribution in [1.29, 1.82) is 0 Å². The zero-order chi connectivity index (χ0) is 10.6. The highest BCUT2D eigenvalue weighted by molar-refractivity contribution is 6.30. The second-order valence-corrected chi connectivity index (χ2v) is 5.01. The summed E-state index contributed by atoms with van der Waals surface area (Å²) in [4.78, 5) is 0. The SMILES string of the molecule is OC1(c2ccc(F)c(Cl)c2)C2CCCC21. The van der Waals surface area contributed by atoms with Crippen molar-refractivity contribution in [2.75, 3.05) is 0 Å². The van der Waals surface area contributed by atoms with Crippen LogP contribution in [0.5, 0.6) is 0 Å². The minimum absolute atomic E-state index is 0.103. The van der Waals surface area contributed by atoms with Gasteiger partial charge in [0, 0.05) is 0 Å². The average Bonchev–Trinajstić information content (AvgIpc) is 2.66. The number of benzene rings is 1. The number of fused-ring (bicyclic) bond motifs is 1. The molecule has 0 spiro atoms. The highest BCUT2D eigenvalue weighted by atomic mass is 35.5. The highest BCUT2D eigenvalue weighted by Gasteiger charge is 2.66. The maximum absolute atomic E-state index is 13.0. The van der Waals surface area contributed by atoms with E-state index in [9.17, 15) is 9.50 Å². The van der Waals surface area contributed by atoms with Gasteiger partial charge in [-0.3, -0.25) is 0 Å². The van der Waals surface area contributed by atoms with Gasteiger partial charge in [0.05, 0.1) is 10.6 Å². The largest absolute Gasteiger partial charge is 0.385 e. The Labute approximate surface area is 92.9 Å². The summed E-state index contributed by atoms with van der Waals surface area (Å²) in [6, 6.07) is 4.55. The fourth-order valence-electron chi connectivity index (χ4n) is 3.10. The molecular formula is C12H12ClFO. The van der Waals surface area contributed by atoms with Crippen molar-refractivity contribution in [3.05, 3.63) is 34.6 Å². The lowest BCUT2D eigenvalue weighted by Crippen LogP contribution is -2.13. The molecule has 2 unspecified atom stereocenters. The molecule has 2 atom stereocenters. The number of hydrogen-bond acceptors (Lipinski definition) is 1. The first-order valence-corrected chi connectivity index (χ1v) is 5.69. The normalized spacial score (nSPS) is 37.8. The molecule has 2 saturated carbocycles. The predicted octanol–water partition coefficient (Wildman–Crippen LogP) is 3.10. The van der Waals surface area contributed by atoms with Gasteiger partial charge in [-0.25, -0.2) is 4.39 Å². The predicted molar refractivity (Wildman–Crippen MR) is 56.1 cm³/mol. The van der Waals surface area contributed by atoms with Crippen molar-refractivity contribution in [1.82, 2.24) is 0 Å². The van der Waals surface area contributed by atoms with Crippen LogP contribution in [-0.4, -0.2) is 5.11 Å². The van der Waals surface area contributed by atoms with Crippen molar-refractivity contribution in [2.24, 2.45) is 11.8 Å². The second-order valence-electron chi connectivity index (χ2n) is 4.60. The minimum Gasteiger partial charge on any atom is -0.385 e. The van der Waals surface area contributed by atoms with E-state index in [-0.39, 0.29) is 5.02 Å². The molecule has 3 rings (SSSR count). The maximum Gasteiger partial charge on any atom is 0.141 e. The topological polar surface area (TPSA) is 20.2 Å². The molecule has 0 aromatic heterocycles. The lowest BCUT2D eigenvalue weighted by molar-refractivity contribution is 0.105. The summed E-state index contributed by atoms with van der Waals surface area (Å²) in [5.41, 5.74) is 0.0684. The standard InChI is InChI=1S/C12H12ClFO/c13-10-6-7(4-5-11(10)14)12(15)8-2-1-3-9(8)12/h4-6,8-9,15H,1-3H2. The van der Waals surface area contributed by atoms with Crippen LogP contribution < -0.4 is 0 Å². The zero-order valence-electron chi connectivity index (χ0n) is 8.21. The first kappa shape index (κ1) is 9.61. The third-order valence-corrected chi connectivity index (χ3v) is 4.21. The first-order valence-electron chi connectivity index (χ1n) is 5.32. The molecule has 1 aromatic rings. The molecule has 80 valence electrons. The number of rotatable bonds is 1. The molecule has 2 aliphatic carbocycles. The molecule has 0 radical (unpaired) electrons. The Morgan fingerprint density at radius 1 is 1.33 bits per heavy atom. The number of aliphatic hydroxyl groups is 1. The van der Waals surface area contributed by atoms with Crippen molar-refractivity contribution in [3.8, 4) is 0 Å². The van der Waals surface area contributed by atoms with Crippen LogP contribution in [0.2, 0.25) is 5.02 Å². The van der Waals surface area contributed by atoms with Crippen molar-refractivity contribution in [3.63, 3.8) is 0 Å². The fraction of sp³-hybridized carbons (Fsp3) is 0.500. The molecule has 2 aliphatic rings. The van der Waals surface area contributed by atoms with Gasteiger partial charge in [-0.2, -0.15) is 0 Å². The summed E-state index contributed by atoms with van der Waals surface area (Å²) >= 11 is 5.72. The minimum atomic E-state index is -0.713. The summed E-state index contributed by atoms with van der Waals surface area (Å²) in [6.45, 7) is 0. The smallest absolute Gasteiger partial charge is 0.141 e. The van der Waals surface area contributed by atoms with E-state index in [4.69, 9.17) is 11.6 Å². The van der Waals surface area contributed by atoms with Gasteiger partial charge in [0.2, 0.25) is 0 Å². The van der Waals surface area contributed by atoms with Crippen LogP contribution in [0, 0.1) is 17.7 Å².